The van der Waals surface area contributed by atoms with Crippen molar-refractivity contribution in [1.29, 1.82) is 0 Å². The minimum Gasteiger partial charge on any atom is -0.315 e. The molecule has 0 spiro atoms. The molecule has 0 bridgehead atoms. The van der Waals surface area contributed by atoms with Crippen LogP contribution in [0, 0.1) is 0 Å². The second-order valence-corrected chi connectivity index (χ2v) is 7.35. The summed E-state index contributed by atoms with van der Waals surface area (Å²) < 4.78 is 1.92. The molecule has 0 amide bonds. The number of halogens is 2. The van der Waals surface area contributed by atoms with Gasteiger partial charge in [-0.3, -0.25) is 4.98 Å². The molecular weight excluding hydrogens is 390 g/mol. The van der Waals surface area contributed by atoms with E-state index < -0.39 is 0 Å². The molecule has 19 heavy (non-hydrogen) atoms. The summed E-state index contributed by atoms with van der Waals surface area (Å²) in [6.45, 7) is 5.18. The van der Waals surface area contributed by atoms with Gasteiger partial charge in [-0.1, -0.05) is 13.8 Å². The van der Waals surface area contributed by atoms with Crippen LogP contribution in [0.4, 0.5) is 0 Å². The summed E-state index contributed by atoms with van der Waals surface area (Å²) in [6, 6.07) is 2.00. The Kier molecular flexibility index (Phi) is 5.11. The standard InChI is InChI=1S/C13H15Br2N3S/c1-7(2)11-10(6-16-3)19-13(18-11)12-9(15)4-8(14)5-17-12/h4-5,7,16H,6H2,1-3H3. The molecule has 0 aliphatic rings. The average molecular weight is 405 g/mol. The molecule has 6 heteroatoms. The zero-order valence-corrected chi connectivity index (χ0v) is 15.0. The van der Waals surface area contributed by atoms with Crippen LogP contribution >= 0.6 is 43.2 Å². The maximum Gasteiger partial charge on any atom is 0.143 e. The van der Waals surface area contributed by atoms with Gasteiger partial charge in [0.05, 0.1) is 5.69 Å². The van der Waals surface area contributed by atoms with Crippen molar-refractivity contribution in [3.8, 4) is 10.7 Å². The van der Waals surface area contributed by atoms with Crippen molar-refractivity contribution in [2.45, 2.75) is 26.3 Å². The molecule has 0 fully saturated rings. The van der Waals surface area contributed by atoms with Gasteiger partial charge in [0.2, 0.25) is 0 Å². The molecule has 3 nitrogen and oxygen atoms in total. The van der Waals surface area contributed by atoms with E-state index in [4.69, 9.17) is 4.98 Å². The second kappa shape index (κ2) is 6.43. The molecule has 0 saturated heterocycles. The molecule has 2 rings (SSSR count). The van der Waals surface area contributed by atoms with Gasteiger partial charge in [-0.15, -0.1) is 11.3 Å². The van der Waals surface area contributed by atoms with Gasteiger partial charge < -0.3 is 5.32 Å². The van der Waals surface area contributed by atoms with Crippen molar-refractivity contribution in [1.82, 2.24) is 15.3 Å². The van der Waals surface area contributed by atoms with Crippen LogP contribution < -0.4 is 5.32 Å². The molecular formula is C13H15Br2N3S. The maximum atomic E-state index is 4.76. The highest BCUT2D eigenvalue weighted by atomic mass is 79.9. The van der Waals surface area contributed by atoms with Crippen molar-refractivity contribution < 1.29 is 0 Å². The monoisotopic (exact) mass is 403 g/mol. The van der Waals surface area contributed by atoms with Crippen molar-refractivity contribution in [3.63, 3.8) is 0 Å². The number of rotatable bonds is 4. The van der Waals surface area contributed by atoms with E-state index in [1.807, 2.05) is 13.1 Å². The van der Waals surface area contributed by atoms with Gasteiger partial charge in [-0.05, 0) is 50.9 Å². The summed E-state index contributed by atoms with van der Waals surface area (Å²) in [7, 11) is 1.96. The Labute approximate surface area is 134 Å². The Morgan fingerprint density at radius 2 is 2.11 bits per heavy atom. The Balaban J connectivity index is 2.47. The van der Waals surface area contributed by atoms with Gasteiger partial charge in [0.15, 0.2) is 0 Å². The lowest BCUT2D eigenvalue weighted by atomic mass is 10.1. The number of nitrogens with zero attached hydrogens (tertiary/aromatic N) is 2. The molecule has 1 N–H and O–H groups in total. The highest BCUT2D eigenvalue weighted by molar-refractivity contribution is 9.11. The summed E-state index contributed by atoms with van der Waals surface area (Å²) >= 11 is 8.67. The van der Waals surface area contributed by atoms with Gasteiger partial charge in [0.25, 0.3) is 0 Å². The Bertz CT molecular complexity index is 581. The summed E-state index contributed by atoms with van der Waals surface area (Å²) in [5.41, 5.74) is 2.06. The average Bonchev–Trinajstić information content (AvgIpc) is 2.73. The normalized spacial score (nSPS) is 11.3. The molecule has 0 aromatic carbocycles. The van der Waals surface area contributed by atoms with Crippen molar-refractivity contribution >= 4 is 43.2 Å². The number of aromatic nitrogens is 2. The molecule has 0 aliphatic heterocycles. The molecule has 0 unspecified atom stereocenters. The van der Waals surface area contributed by atoms with Gasteiger partial charge in [-0.25, -0.2) is 4.98 Å². The molecule has 0 saturated carbocycles. The van der Waals surface area contributed by atoms with Crippen LogP contribution in [-0.4, -0.2) is 17.0 Å². The largest absolute Gasteiger partial charge is 0.315 e. The molecule has 2 aromatic rings. The third-order valence-corrected chi connectivity index (χ3v) is 4.74. The van der Waals surface area contributed by atoms with E-state index in [0.717, 1.165) is 31.9 Å². The van der Waals surface area contributed by atoms with Crippen molar-refractivity contribution in [2.24, 2.45) is 0 Å². The first-order valence-corrected chi connectivity index (χ1v) is 8.38. The van der Waals surface area contributed by atoms with Crippen LogP contribution in [0.15, 0.2) is 21.2 Å². The molecule has 0 atom stereocenters. The highest BCUT2D eigenvalue weighted by Crippen LogP contribution is 2.35. The number of hydrogen-bond donors (Lipinski definition) is 1. The third kappa shape index (κ3) is 3.42. The molecule has 2 aromatic heterocycles. The smallest absolute Gasteiger partial charge is 0.143 e. The third-order valence-electron chi connectivity index (χ3n) is 2.62. The lowest BCUT2D eigenvalue weighted by Crippen LogP contribution is -2.06. The molecule has 2 heterocycles. The number of thiazole rings is 1. The SMILES string of the molecule is CNCc1sc(-c2ncc(Br)cc2Br)nc1C(C)C. The summed E-state index contributed by atoms with van der Waals surface area (Å²) in [4.78, 5) is 10.5. The van der Waals surface area contributed by atoms with Gasteiger partial charge in [0.1, 0.15) is 10.7 Å². The Morgan fingerprint density at radius 3 is 2.68 bits per heavy atom. The molecule has 0 radical (unpaired) electrons. The topological polar surface area (TPSA) is 37.8 Å². The van der Waals surface area contributed by atoms with E-state index in [2.05, 4.69) is 56.0 Å². The van der Waals surface area contributed by atoms with Gasteiger partial charge in [-0.2, -0.15) is 0 Å². The van der Waals surface area contributed by atoms with Crippen LogP contribution in [0.2, 0.25) is 0 Å². The van der Waals surface area contributed by atoms with Gasteiger partial charge in [0, 0.05) is 26.6 Å². The zero-order valence-electron chi connectivity index (χ0n) is 11.0. The summed E-state index contributed by atoms with van der Waals surface area (Å²) in [5.74, 6) is 0.419. The first-order chi connectivity index (χ1) is 9.02. The first-order valence-electron chi connectivity index (χ1n) is 5.98. The van der Waals surface area contributed by atoms with Crippen molar-refractivity contribution in [3.05, 3.63) is 31.8 Å². The highest BCUT2D eigenvalue weighted by Gasteiger charge is 2.17. The van der Waals surface area contributed by atoms with E-state index >= 15 is 0 Å². The minimum absolute atomic E-state index is 0.419. The summed E-state index contributed by atoms with van der Waals surface area (Å²) in [5, 5.41) is 4.16. The fraction of sp³-hybridized carbons (Fsp3) is 0.385. The second-order valence-electron chi connectivity index (χ2n) is 4.50. The van der Waals surface area contributed by atoms with E-state index in [1.54, 1.807) is 17.5 Å². The Hall–Kier alpha value is -0.300. The van der Waals surface area contributed by atoms with Crippen LogP contribution in [-0.2, 0) is 6.54 Å². The predicted octanol–water partition coefficient (Wildman–Crippen LogP) is 4.57. The number of pyridine rings is 1. The minimum atomic E-state index is 0.419. The fourth-order valence-electron chi connectivity index (χ4n) is 1.78. The van der Waals surface area contributed by atoms with Crippen molar-refractivity contribution in [2.75, 3.05) is 7.05 Å². The number of hydrogen-bond acceptors (Lipinski definition) is 4. The van der Waals surface area contributed by atoms with Gasteiger partial charge >= 0.3 is 0 Å². The van der Waals surface area contributed by atoms with Crippen LogP contribution in [0.5, 0.6) is 0 Å². The lowest BCUT2D eigenvalue weighted by Gasteiger charge is -2.03. The van der Waals surface area contributed by atoms with E-state index in [1.165, 1.54) is 4.88 Å². The fourth-order valence-corrected chi connectivity index (χ4v) is 4.32. The number of nitrogens with one attached hydrogen (secondary N) is 1. The van der Waals surface area contributed by atoms with Crippen LogP contribution in [0.1, 0.15) is 30.3 Å². The zero-order chi connectivity index (χ0) is 14.0. The molecule has 102 valence electrons. The van der Waals surface area contributed by atoms with E-state index in [-0.39, 0.29) is 0 Å². The van der Waals surface area contributed by atoms with Crippen LogP contribution in [0.3, 0.4) is 0 Å². The van der Waals surface area contributed by atoms with E-state index in [0.29, 0.717) is 5.92 Å². The van der Waals surface area contributed by atoms with E-state index in [9.17, 15) is 0 Å². The molecule has 0 aliphatic carbocycles. The maximum absolute atomic E-state index is 4.76. The van der Waals surface area contributed by atoms with Crippen LogP contribution in [0.25, 0.3) is 10.7 Å². The Morgan fingerprint density at radius 1 is 1.37 bits per heavy atom. The predicted molar refractivity (Wildman–Crippen MR) is 87.6 cm³/mol. The lowest BCUT2D eigenvalue weighted by molar-refractivity contribution is 0.771. The summed E-state index contributed by atoms with van der Waals surface area (Å²) in [6.07, 6.45) is 1.80. The first kappa shape index (κ1) is 15.1. The quantitative estimate of drug-likeness (QED) is 0.810.